The maximum atomic E-state index is 12.2. The van der Waals surface area contributed by atoms with Crippen molar-refractivity contribution in [1.82, 2.24) is 20.1 Å². The molecule has 5 heteroatoms. The molecule has 0 radical (unpaired) electrons. The molecule has 1 aliphatic rings. The number of nitrogens with zero attached hydrogens (tertiary/aromatic N) is 2. The van der Waals surface area contributed by atoms with Crippen molar-refractivity contribution in [3.8, 4) is 0 Å². The third-order valence-corrected chi connectivity index (χ3v) is 5.03. The molecule has 2 heterocycles. The van der Waals surface area contributed by atoms with E-state index in [9.17, 15) is 4.79 Å². The van der Waals surface area contributed by atoms with Crippen molar-refractivity contribution in [2.45, 2.75) is 26.7 Å². The van der Waals surface area contributed by atoms with Crippen LogP contribution in [0.5, 0.6) is 0 Å². The molecule has 0 spiro atoms. The smallest absolute Gasteiger partial charge is 0.317 e. The first-order valence-corrected chi connectivity index (χ1v) is 9.43. The van der Waals surface area contributed by atoms with E-state index in [1.165, 1.54) is 16.5 Å². The van der Waals surface area contributed by atoms with Gasteiger partial charge >= 0.3 is 6.03 Å². The fraction of sp³-hybridized carbons (Fsp3) is 0.550. The number of benzene rings is 1. The fourth-order valence-electron chi connectivity index (χ4n) is 3.37. The summed E-state index contributed by atoms with van der Waals surface area (Å²) >= 11 is 0. The predicted octanol–water partition coefficient (Wildman–Crippen LogP) is 3.08. The average molecular weight is 342 g/mol. The summed E-state index contributed by atoms with van der Waals surface area (Å²) in [6.45, 7) is 9.74. The Balaban J connectivity index is 1.41. The molecule has 2 amide bonds. The van der Waals surface area contributed by atoms with Crippen LogP contribution in [0.25, 0.3) is 10.9 Å². The first-order chi connectivity index (χ1) is 12.1. The topological polar surface area (TPSA) is 51.4 Å². The number of H-pyrrole nitrogens is 1. The largest absolute Gasteiger partial charge is 0.361 e. The van der Waals surface area contributed by atoms with E-state index in [2.05, 4.69) is 59.5 Å². The number of hydrogen-bond acceptors (Lipinski definition) is 2. The Morgan fingerprint density at radius 2 is 1.96 bits per heavy atom. The number of amides is 2. The van der Waals surface area contributed by atoms with E-state index >= 15 is 0 Å². The van der Waals surface area contributed by atoms with Crippen LogP contribution in [-0.2, 0) is 6.42 Å². The zero-order valence-corrected chi connectivity index (χ0v) is 15.4. The van der Waals surface area contributed by atoms with E-state index in [-0.39, 0.29) is 6.03 Å². The molecule has 2 N–H and O–H groups in total. The molecule has 0 aliphatic carbocycles. The number of aromatic amines is 1. The van der Waals surface area contributed by atoms with Gasteiger partial charge in [0.2, 0.25) is 0 Å². The van der Waals surface area contributed by atoms with Gasteiger partial charge in [0.05, 0.1) is 0 Å². The van der Waals surface area contributed by atoms with Gasteiger partial charge in [-0.1, -0.05) is 32.0 Å². The summed E-state index contributed by atoms with van der Waals surface area (Å²) in [7, 11) is 0. The number of hydrogen-bond donors (Lipinski definition) is 2. The maximum absolute atomic E-state index is 12.2. The number of fused-ring (bicyclic) bond motifs is 1. The number of carbonyl (C=O) groups is 1. The second kappa shape index (κ2) is 8.39. The van der Waals surface area contributed by atoms with Gasteiger partial charge in [0, 0.05) is 56.4 Å². The molecule has 3 rings (SSSR count). The van der Waals surface area contributed by atoms with Crippen molar-refractivity contribution >= 4 is 16.9 Å². The third-order valence-electron chi connectivity index (χ3n) is 5.03. The normalized spacial score (nSPS) is 15.9. The van der Waals surface area contributed by atoms with E-state index in [1.54, 1.807) is 0 Å². The molecule has 25 heavy (non-hydrogen) atoms. The molecular formula is C20H30N4O. The van der Waals surface area contributed by atoms with E-state index in [4.69, 9.17) is 0 Å². The van der Waals surface area contributed by atoms with Crippen molar-refractivity contribution in [2.24, 2.45) is 5.92 Å². The minimum Gasteiger partial charge on any atom is -0.361 e. The Bertz CT molecular complexity index is 686. The predicted molar refractivity (Wildman–Crippen MR) is 103 cm³/mol. The molecule has 2 aromatic rings. The van der Waals surface area contributed by atoms with Crippen molar-refractivity contribution < 1.29 is 4.79 Å². The highest BCUT2D eigenvalue weighted by Crippen LogP contribution is 2.18. The lowest BCUT2D eigenvalue weighted by atomic mass is 10.1. The lowest BCUT2D eigenvalue weighted by Crippen LogP contribution is -2.52. The van der Waals surface area contributed by atoms with Gasteiger partial charge in [-0.15, -0.1) is 0 Å². The van der Waals surface area contributed by atoms with E-state index in [0.29, 0.717) is 5.92 Å². The van der Waals surface area contributed by atoms with E-state index in [1.807, 2.05) is 4.90 Å². The summed E-state index contributed by atoms with van der Waals surface area (Å²) in [6, 6.07) is 8.55. The second-order valence-corrected chi connectivity index (χ2v) is 7.35. The Morgan fingerprint density at radius 1 is 1.20 bits per heavy atom. The van der Waals surface area contributed by atoms with Crippen LogP contribution in [0.1, 0.15) is 25.8 Å². The third kappa shape index (κ3) is 4.75. The summed E-state index contributed by atoms with van der Waals surface area (Å²) in [5.74, 6) is 0.627. The van der Waals surface area contributed by atoms with Crippen LogP contribution in [-0.4, -0.2) is 60.1 Å². The maximum Gasteiger partial charge on any atom is 0.317 e. The van der Waals surface area contributed by atoms with Gasteiger partial charge in [-0.2, -0.15) is 0 Å². The number of piperazine rings is 1. The number of urea groups is 1. The van der Waals surface area contributed by atoms with Crippen molar-refractivity contribution in [1.29, 1.82) is 0 Å². The molecule has 1 aromatic carbocycles. The van der Waals surface area contributed by atoms with Crippen LogP contribution in [0.3, 0.4) is 0 Å². The van der Waals surface area contributed by atoms with Crippen LogP contribution >= 0.6 is 0 Å². The van der Waals surface area contributed by atoms with E-state index in [0.717, 1.165) is 52.1 Å². The van der Waals surface area contributed by atoms with Gasteiger partial charge in [-0.05, 0) is 30.4 Å². The summed E-state index contributed by atoms with van der Waals surface area (Å²) in [4.78, 5) is 19.9. The molecule has 0 bridgehead atoms. The first kappa shape index (κ1) is 17.8. The number of nitrogens with one attached hydrogen (secondary N) is 2. The van der Waals surface area contributed by atoms with Crippen LogP contribution in [0.15, 0.2) is 30.5 Å². The number of rotatable bonds is 6. The zero-order valence-electron chi connectivity index (χ0n) is 15.4. The Morgan fingerprint density at radius 3 is 2.72 bits per heavy atom. The highest BCUT2D eigenvalue weighted by atomic mass is 16.2. The highest BCUT2D eigenvalue weighted by molar-refractivity contribution is 5.83. The number of carbonyl (C=O) groups excluding carboxylic acids is 1. The van der Waals surface area contributed by atoms with Gasteiger partial charge in [-0.25, -0.2) is 4.79 Å². The molecule has 5 nitrogen and oxygen atoms in total. The molecule has 1 aromatic heterocycles. The Hall–Kier alpha value is -2.01. The monoisotopic (exact) mass is 342 g/mol. The molecule has 0 unspecified atom stereocenters. The van der Waals surface area contributed by atoms with Crippen molar-refractivity contribution in [3.63, 3.8) is 0 Å². The molecule has 1 saturated heterocycles. The second-order valence-electron chi connectivity index (χ2n) is 7.35. The standard InChI is InChI=1S/C20H30N4O/c1-16(2)7-9-21-20(25)24-13-11-23(12-14-24)10-8-17-15-22-19-6-4-3-5-18(17)19/h3-6,15-16,22H,7-14H2,1-2H3,(H,21,25). The van der Waals surface area contributed by atoms with Crippen molar-refractivity contribution in [3.05, 3.63) is 36.0 Å². The van der Waals surface area contributed by atoms with Gasteiger partial charge in [0.1, 0.15) is 0 Å². The molecule has 0 saturated carbocycles. The summed E-state index contributed by atoms with van der Waals surface area (Å²) in [6.07, 6.45) is 4.21. The number of para-hydroxylation sites is 1. The highest BCUT2D eigenvalue weighted by Gasteiger charge is 2.20. The number of aromatic nitrogens is 1. The first-order valence-electron chi connectivity index (χ1n) is 9.43. The Labute approximate surface area is 150 Å². The molecule has 1 fully saturated rings. The van der Waals surface area contributed by atoms with Crippen LogP contribution in [0.4, 0.5) is 4.79 Å². The lowest BCUT2D eigenvalue weighted by Gasteiger charge is -2.34. The molecule has 136 valence electrons. The fourth-order valence-corrected chi connectivity index (χ4v) is 3.37. The SMILES string of the molecule is CC(C)CCNC(=O)N1CCN(CCc2c[nH]c3ccccc23)CC1. The van der Waals surface area contributed by atoms with Crippen LogP contribution in [0, 0.1) is 5.92 Å². The van der Waals surface area contributed by atoms with Gasteiger partial charge < -0.3 is 15.2 Å². The van der Waals surface area contributed by atoms with Crippen molar-refractivity contribution in [2.75, 3.05) is 39.3 Å². The summed E-state index contributed by atoms with van der Waals surface area (Å²) < 4.78 is 0. The van der Waals surface area contributed by atoms with Crippen LogP contribution < -0.4 is 5.32 Å². The lowest BCUT2D eigenvalue weighted by molar-refractivity contribution is 0.140. The summed E-state index contributed by atoms with van der Waals surface area (Å²) in [5, 5.41) is 4.36. The quantitative estimate of drug-likeness (QED) is 0.848. The minimum atomic E-state index is 0.0944. The average Bonchev–Trinajstić information content (AvgIpc) is 3.03. The summed E-state index contributed by atoms with van der Waals surface area (Å²) in [5.41, 5.74) is 2.59. The van der Waals surface area contributed by atoms with Gasteiger partial charge in [0.15, 0.2) is 0 Å². The molecule has 0 atom stereocenters. The van der Waals surface area contributed by atoms with Gasteiger partial charge in [0.25, 0.3) is 0 Å². The minimum absolute atomic E-state index is 0.0944. The molecular weight excluding hydrogens is 312 g/mol. The zero-order chi connectivity index (χ0) is 17.6. The van der Waals surface area contributed by atoms with Crippen LogP contribution in [0.2, 0.25) is 0 Å². The van der Waals surface area contributed by atoms with E-state index < -0.39 is 0 Å². The molecule has 1 aliphatic heterocycles. The van der Waals surface area contributed by atoms with Gasteiger partial charge in [-0.3, -0.25) is 4.90 Å². The Kier molecular flexibility index (Phi) is 5.97.